The smallest absolute Gasteiger partial charge is 0.273 e. The molecule has 1 heterocycles. The molecule has 1 N–H and O–H groups in total. The van der Waals surface area contributed by atoms with Gasteiger partial charge in [0.1, 0.15) is 5.82 Å². The van der Waals surface area contributed by atoms with Gasteiger partial charge in [0.05, 0.1) is 11.9 Å². The Morgan fingerprint density at radius 3 is 2.74 bits per heavy atom. The fourth-order valence-electron chi connectivity index (χ4n) is 2.17. The Kier molecular flexibility index (Phi) is 4.42. The Balaban J connectivity index is 1.60. The summed E-state index contributed by atoms with van der Waals surface area (Å²) in [6, 6.07) is 15.8. The molecule has 0 spiro atoms. The molecule has 0 aliphatic rings. The fourth-order valence-corrected chi connectivity index (χ4v) is 2.17. The zero-order valence-electron chi connectivity index (χ0n) is 12.3. The van der Waals surface area contributed by atoms with Crippen LogP contribution in [0.3, 0.4) is 0 Å². The number of carbonyl (C=O) groups is 1. The number of hydrogen-bond acceptors (Lipinski definition) is 3. The van der Waals surface area contributed by atoms with Crippen LogP contribution in [0.4, 0.5) is 4.39 Å². The van der Waals surface area contributed by atoms with Crippen molar-refractivity contribution in [1.82, 2.24) is 20.3 Å². The highest BCUT2D eigenvalue weighted by Gasteiger charge is 2.11. The lowest BCUT2D eigenvalue weighted by Gasteiger charge is -2.03. The van der Waals surface area contributed by atoms with Crippen molar-refractivity contribution in [1.29, 1.82) is 0 Å². The highest BCUT2D eigenvalue weighted by molar-refractivity contribution is 5.91. The van der Waals surface area contributed by atoms with Crippen LogP contribution in [-0.2, 0) is 6.42 Å². The average molecular weight is 310 g/mol. The van der Waals surface area contributed by atoms with Crippen LogP contribution in [0.25, 0.3) is 5.69 Å². The van der Waals surface area contributed by atoms with Gasteiger partial charge in [-0.3, -0.25) is 4.79 Å². The normalized spacial score (nSPS) is 10.5. The minimum Gasteiger partial charge on any atom is -0.350 e. The topological polar surface area (TPSA) is 59.8 Å². The Labute approximate surface area is 132 Å². The molecule has 116 valence electrons. The van der Waals surface area contributed by atoms with Crippen LogP contribution in [0, 0.1) is 5.82 Å². The molecule has 3 aromatic rings. The van der Waals surface area contributed by atoms with Gasteiger partial charge in [-0.2, -0.15) is 0 Å². The Morgan fingerprint density at radius 1 is 1.13 bits per heavy atom. The van der Waals surface area contributed by atoms with Gasteiger partial charge in [-0.05, 0) is 30.2 Å². The SMILES string of the molecule is O=C(NCCc1ccccc1)c1cn(-c2cccc(F)c2)nn1. The van der Waals surface area contributed by atoms with Crippen molar-refractivity contribution in [2.45, 2.75) is 6.42 Å². The number of aromatic nitrogens is 3. The Hall–Kier alpha value is -3.02. The van der Waals surface area contributed by atoms with Crippen molar-refractivity contribution in [3.05, 3.63) is 77.9 Å². The molecule has 5 nitrogen and oxygen atoms in total. The maximum atomic E-state index is 13.2. The van der Waals surface area contributed by atoms with Crippen molar-refractivity contribution in [3.8, 4) is 5.69 Å². The number of benzene rings is 2. The third-order valence-corrected chi connectivity index (χ3v) is 3.34. The standard InChI is InChI=1S/C17H15FN4O/c18-14-7-4-8-15(11-14)22-12-16(20-21-22)17(23)19-10-9-13-5-2-1-3-6-13/h1-8,11-12H,9-10H2,(H,19,23). The van der Waals surface area contributed by atoms with Crippen LogP contribution >= 0.6 is 0 Å². The number of rotatable bonds is 5. The molecular formula is C17H15FN4O. The van der Waals surface area contributed by atoms with Crippen LogP contribution in [0.5, 0.6) is 0 Å². The van der Waals surface area contributed by atoms with Crippen molar-refractivity contribution >= 4 is 5.91 Å². The van der Waals surface area contributed by atoms with Gasteiger partial charge in [-0.15, -0.1) is 5.10 Å². The zero-order chi connectivity index (χ0) is 16.1. The molecule has 6 heteroatoms. The lowest BCUT2D eigenvalue weighted by atomic mass is 10.1. The van der Waals surface area contributed by atoms with E-state index in [1.807, 2.05) is 30.3 Å². The van der Waals surface area contributed by atoms with Crippen molar-refractivity contribution in [2.75, 3.05) is 6.54 Å². The van der Waals surface area contributed by atoms with Crippen molar-refractivity contribution < 1.29 is 9.18 Å². The van der Waals surface area contributed by atoms with Gasteiger partial charge < -0.3 is 5.32 Å². The second-order valence-electron chi connectivity index (χ2n) is 5.02. The largest absolute Gasteiger partial charge is 0.350 e. The average Bonchev–Trinajstić information content (AvgIpc) is 3.06. The van der Waals surface area contributed by atoms with Gasteiger partial charge in [0, 0.05) is 6.54 Å². The number of hydrogen-bond donors (Lipinski definition) is 1. The lowest BCUT2D eigenvalue weighted by molar-refractivity contribution is 0.0949. The van der Waals surface area contributed by atoms with E-state index in [-0.39, 0.29) is 17.4 Å². The van der Waals surface area contributed by atoms with E-state index in [0.29, 0.717) is 12.2 Å². The zero-order valence-corrected chi connectivity index (χ0v) is 12.3. The summed E-state index contributed by atoms with van der Waals surface area (Å²) in [6.45, 7) is 0.510. The first-order valence-electron chi connectivity index (χ1n) is 7.23. The molecule has 23 heavy (non-hydrogen) atoms. The fraction of sp³-hybridized carbons (Fsp3) is 0.118. The first-order valence-corrected chi connectivity index (χ1v) is 7.23. The van der Waals surface area contributed by atoms with E-state index in [9.17, 15) is 9.18 Å². The molecule has 0 saturated heterocycles. The van der Waals surface area contributed by atoms with Crippen molar-refractivity contribution in [2.24, 2.45) is 0 Å². The van der Waals surface area contributed by atoms with Crippen LogP contribution in [-0.4, -0.2) is 27.4 Å². The van der Waals surface area contributed by atoms with Crippen LogP contribution < -0.4 is 5.32 Å². The van der Waals surface area contributed by atoms with E-state index in [1.54, 1.807) is 12.1 Å². The highest BCUT2D eigenvalue weighted by atomic mass is 19.1. The molecule has 0 radical (unpaired) electrons. The van der Waals surface area contributed by atoms with Crippen molar-refractivity contribution in [3.63, 3.8) is 0 Å². The van der Waals surface area contributed by atoms with Gasteiger partial charge in [-0.25, -0.2) is 9.07 Å². The van der Waals surface area contributed by atoms with Gasteiger partial charge in [0.15, 0.2) is 5.69 Å². The summed E-state index contributed by atoms with van der Waals surface area (Å²) in [6.07, 6.45) is 2.22. The van der Waals surface area contributed by atoms with E-state index in [2.05, 4.69) is 15.6 Å². The summed E-state index contributed by atoms with van der Waals surface area (Å²) in [5.74, 6) is -0.671. The van der Waals surface area contributed by atoms with E-state index < -0.39 is 0 Å². The van der Waals surface area contributed by atoms with Crippen LogP contribution in [0.15, 0.2) is 60.8 Å². The number of nitrogens with zero attached hydrogens (tertiary/aromatic N) is 3. The number of halogens is 1. The molecule has 0 unspecified atom stereocenters. The number of nitrogens with one attached hydrogen (secondary N) is 1. The summed E-state index contributed by atoms with van der Waals surface area (Å²) >= 11 is 0. The maximum absolute atomic E-state index is 13.2. The summed E-state index contributed by atoms with van der Waals surface area (Å²) < 4.78 is 14.6. The Bertz CT molecular complexity index is 801. The molecule has 0 fully saturated rings. The summed E-state index contributed by atoms with van der Waals surface area (Å²) in [4.78, 5) is 12.0. The van der Waals surface area contributed by atoms with E-state index in [1.165, 1.54) is 23.0 Å². The predicted molar refractivity (Wildman–Crippen MR) is 83.8 cm³/mol. The second-order valence-corrected chi connectivity index (χ2v) is 5.02. The third kappa shape index (κ3) is 3.79. The Morgan fingerprint density at radius 2 is 1.96 bits per heavy atom. The minimum atomic E-state index is -0.369. The summed E-state index contributed by atoms with van der Waals surface area (Å²) in [5.41, 5.74) is 1.86. The van der Waals surface area contributed by atoms with E-state index >= 15 is 0 Å². The van der Waals surface area contributed by atoms with E-state index in [0.717, 1.165) is 12.0 Å². The number of amides is 1. The summed E-state index contributed by atoms with van der Waals surface area (Å²) in [5, 5.41) is 10.5. The van der Waals surface area contributed by atoms with Crippen LogP contribution in [0.1, 0.15) is 16.1 Å². The summed E-state index contributed by atoms with van der Waals surface area (Å²) in [7, 11) is 0. The molecular weight excluding hydrogens is 295 g/mol. The number of carbonyl (C=O) groups excluding carboxylic acids is 1. The first-order chi connectivity index (χ1) is 11.2. The molecule has 1 amide bonds. The molecule has 0 bridgehead atoms. The van der Waals surface area contributed by atoms with Gasteiger partial charge in [0.2, 0.25) is 0 Å². The molecule has 0 saturated carbocycles. The van der Waals surface area contributed by atoms with Gasteiger partial charge in [0.25, 0.3) is 5.91 Å². The molecule has 0 atom stereocenters. The predicted octanol–water partition coefficient (Wildman–Crippen LogP) is 2.38. The molecule has 3 rings (SSSR count). The van der Waals surface area contributed by atoms with Gasteiger partial charge in [-0.1, -0.05) is 41.6 Å². The second kappa shape index (κ2) is 6.83. The molecule has 0 aliphatic carbocycles. The van der Waals surface area contributed by atoms with Crippen LogP contribution in [0.2, 0.25) is 0 Å². The molecule has 2 aromatic carbocycles. The molecule has 1 aromatic heterocycles. The maximum Gasteiger partial charge on any atom is 0.273 e. The highest BCUT2D eigenvalue weighted by Crippen LogP contribution is 2.08. The minimum absolute atomic E-state index is 0.197. The van der Waals surface area contributed by atoms with Gasteiger partial charge >= 0.3 is 0 Å². The molecule has 0 aliphatic heterocycles. The van der Waals surface area contributed by atoms with E-state index in [4.69, 9.17) is 0 Å². The monoisotopic (exact) mass is 310 g/mol. The quantitative estimate of drug-likeness (QED) is 0.787. The first kappa shape index (κ1) is 14.9. The third-order valence-electron chi connectivity index (χ3n) is 3.34. The lowest BCUT2D eigenvalue weighted by Crippen LogP contribution is -2.26.